The molecule has 3 heteroatoms. The van der Waals surface area contributed by atoms with Crippen molar-refractivity contribution < 1.29 is 0 Å². The molecule has 1 heterocycles. The summed E-state index contributed by atoms with van der Waals surface area (Å²) in [6.45, 7) is 9.49. The highest BCUT2D eigenvalue weighted by Gasteiger charge is 2.08. The molecule has 1 N–H and O–H groups in total. The van der Waals surface area contributed by atoms with E-state index in [0.29, 0.717) is 5.92 Å². The van der Waals surface area contributed by atoms with Gasteiger partial charge in [-0.25, -0.2) is 9.97 Å². The van der Waals surface area contributed by atoms with E-state index in [4.69, 9.17) is 0 Å². The molecule has 0 aliphatic heterocycles. The van der Waals surface area contributed by atoms with Crippen LogP contribution in [0, 0.1) is 6.92 Å². The van der Waals surface area contributed by atoms with Gasteiger partial charge < -0.3 is 5.32 Å². The Balaban J connectivity index is 2.89. The summed E-state index contributed by atoms with van der Waals surface area (Å²) in [5, 5.41) is 3.31. The van der Waals surface area contributed by atoms with Crippen molar-refractivity contribution in [3.63, 3.8) is 0 Å². The summed E-state index contributed by atoms with van der Waals surface area (Å²) in [6.07, 6.45) is 2.75. The Kier molecular flexibility index (Phi) is 3.86. The first kappa shape index (κ1) is 11.0. The van der Waals surface area contributed by atoms with Crippen LogP contribution in [-0.2, 0) is 0 Å². The molecular weight excluding hydrogens is 174 g/mol. The van der Waals surface area contributed by atoms with Gasteiger partial charge in [-0.05, 0) is 19.3 Å². The van der Waals surface area contributed by atoms with E-state index >= 15 is 0 Å². The first-order valence-corrected chi connectivity index (χ1v) is 5.22. The Morgan fingerprint density at radius 2 is 2.07 bits per heavy atom. The molecule has 0 bridgehead atoms. The lowest BCUT2D eigenvalue weighted by molar-refractivity contribution is 0.800. The standard InChI is InChI=1S/C11H19N3/c1-5-6-12-11-9(4)10(8(2)3)13-7-14-11/h7-8H,5-6H2,1-4H3,(H,12,13,14). The fourth-order valence-electron chi connectivity index (χ4n) is 1.47. The first-order chi connectivity index (χ1) is 6.66. The Labute approximate surface area is 86.0 Å². The van der Waals surface area contributed by atoms with Crippen LogP contribution in [0.25, 0.3) is 0 Å². The van der Waals surface area contributed by atoms with Gasteiger partial charge in [-0.15, -0.1) is 0 Å². The summed E-state index contributed by atoms with van der Waals surface area (Å²) < 4.78 is 0. The van der Waals surface area contributed by atoms with Gasteiger partial charge in [0.2, 0.25) is 0 Å². The van der Waals surface area contributed by atoms with E-state index in [9.17, 15) is 0 Å². The van der Waals surface area contributed by atoms with Gasteiger partial charge in [0.05, 0.1) is 5.69 Å². The summed E-state index contributed by atoms with van der Waals surface area (Å²) in [4.78, 5) is 8.53. The average molecular weight is 193 g/mol. The van der Waals surface area contributed by atoms with Crippen molar-refractivity contribution in [2.75, 3.05) is 11.9 Å². The Morgan fingerprint density at radius 3 is 2.64 bits per heavy atom. The molecule has 3 nitrogen and oxygen atoms in total. The van der Waals surface area contributed by atoms with Crippen molar-refractivity contribution in [3.05, 3.63) is 17.6 Å². The van der Waals surface area contributed by atoms with Crippen LogP contribution in [0.5, 0.6) is 0 Å². The van der Waals surface area contributed by atoms with E-state index in [1.807, 2.05) is 0 Å². The number of anilines is 1. The van der Waals surface area contributed by atoms with Gasteiger partial charge in [0.15, 0.2) is 0 Å². The van der Waals surface area contributed by atoms with Crippen LogP contribution >= 0.6 is 0 Å². The minimum absolute atomic E-state index is 0.458. The van der Waals surface area contributed by atoms with E-state index in [1.54, 1.807) is 6.33 Å². The molecule has 0 unspecified atom stereocenters. The van der Waals surface area contributed by atoms with Crippen LogP contribution in [0.3, 0.4) is 0 Å². The zero-order valence-electron chi connectivity index (χ0n) is 9.46. The lowest BCUT2D eigenvalue weighted by atomic mass is 10.1. The average Bonchev–Trinajstić information content (AvgIpc) is 2.16. The minimum atomic E-state index is 0.458. The molecule has 14 heavy (non-hydrogen) atoms. The van der Waals surface area contributed by atoms with E-state index in [2.05, 4.69) is 43.0 Å². The van der Waals surface area contributed by atoms with Crippen molar-refractivity contribution in [2.45, 2.75) is 40.0 Å². The van der Waals surface area contributed by atoms with E-state index in [1.165, 1.54) is 5.56 Å². The van der Waals surface area contributed by atoms with Crippen molar-refractivity contribution in [1.82, 2.24) is 9.97 Å². The highest BCUT2D eigenvalue weighted by Crippen LogP contribution is 2.20. The van der Waals surface area contributed by atoms with Crippen molar-refractivity contribution in [3.8, 4) is 0 Å². The largest absolute Gasteiger partial charge is 0.370 e. The second-order valence-electron chi connectivity index (χ2n) is 3.81. The molecule has 1 rings (SSSR count). The fourth-order valence-corrected chi connectivity index (χ4v) is 1.47. The molecule has 0 atom stereocenters. The highest BCUT2D eigenvalue weighted by molar-refractivity contribution is 5.45. The third-order valence-corrected chi connectivity index (χ3v) is 2.21. The van der Waals surface area contributed by atoms with Crippen LogP contribution in [-0.4, -0.2) is 16.5 Å². The first-order valence-electron chi connectivity index (χ1n) is 5.22. The maximum absolute atomic E-state index is 4.30. The summed E-state index contributed by atoms with van der Waals surface area (Å²) in [5.41, 5.74) is 2.31. The van der Waals surface area contributed by atoms with Crippen molar-refractivity contribution in [2.24, 2.45) is 0 Å². The molecule has 0 aliphatic rings. The molecule has 1 aromatic heterocycles. The lowest BCUT2D eigenvalue weighted by Gasteiger charge is -2.12. The summed E-state index contributed by atoms with van der Waals surface area (Å²) >= 11 is 0. The number of rotatable bonds is 4. The molecule has 0 spiro atoms. The minimum Gasteiger partial charge on any atom is -0.370 e. The van der Waals surface area contributed by atoms with Gasteiger partial charge in [0.25, 0.3) is 0 Å². The van der Waals surface area contributed by atoms with Crippen LogP contribution in [0.15, 0.2) is 6.33 Å². The zero-order chi connectivity index (χ0) is 10.6. The van der Waals surface area contributed by atoms with Gasteiger partial charge in [-0.2, -0.15) is 0 Å². The molecule has 0 amide bonds. The van der Waals surface area contributed by atoms with Gasteiger partial charge in [-0.3, -0.25) is 0 Å². The Bertz CT molecular complexity index is 295. The molecular formula is C11H19N3. The SMILES string of the molecule is CCCNc1ncnc(C(C)C)c1C. The smallest absolute Gasteiger partial charge is 0.132 e. The number of nitrogens with one attached hydrogen (secondary N) is 1. The van der Waals surface area contributed by atoms with Crippen LogP contribution in [0.1, 0.15) is 44.4 Å². The third-order valence-electron chi connectivity index (χ3n) is 2.21. The van der Waals surface area contributed by atoms with Crippen molar-refractivity contribution in [1.29, 1.82) is 0 Å². The number of hydrogen-bond donors (Lipinski definition) is 1. The molecule has 0 saturated carbocycles. The molecule has 0 radical (unpaired) electrons. The number of nitrogens with zero attached hydrogens (tertiary/aromatic N) is 2. The van der Waals surface area contributed by atoms with Gasteiger partial charge in [0.1, 0.15) is 12.1 Å². The number of aromatic nitrogens is 2. The lowest BCUT2D eigenvalue weighted by Crippen LogP contribution is -2.07. The van der Waals surface area contributed by atoms with Crippen LogP contribution in [0.2, 0.25) is 0 Å². The van der Waals surface area contributed by atoms with E-state index < -0.39 is 0 Å². The van der Waals surface area contributed by atoms with E-state index in [-0.39, 0.29) is 0 Å². The Morgan fingerprint density at radius 1 is 1.36 bits per heavy atom. The molecule has 0 aliphatic carbocycles. The molecule has 0 aromatic carbocycles. The zero-order valence-corrected chi connectivity index (χ0v) is 9.46. The monoisotopic (exact) mass is 193 g/mol. The van der Waals surface area contributed by atoms with Crippen molar-refractivity contribution >= 4 is 5.82 Å². The quantitative estimate of drug-likeness (QED) is 0.799. The van der Waals surface area contributed by atoms with E-state index in [0.717, 1.165) is 24.5 Å². The second-order valence-corrected chi connectivity index (χ2v) is 3.81. The predicted octanol–water partition coefficient (Wildman–Crippen LogP) is 2.73. The maximum atomic E-state index is 4.30. The van der Waals surface area contributed by atoms with Crippen LogP contribution < -0.4 is 5.32 Å². The third kappa shape index (κ3) is 2.44. The molecule has 1 aromatic rings. The van der Waals surface area contributed by atoms with Gasteiger partial charge in [-0.1, -0.05) is 20.8 Å². The summed E-state index contributed by atoms with van der Waals surface area (Å²) in [5.74, 6) is 1.44. The number of hydrogen-bond acceptors (Lipinski definition) is 3. The topological polar surface area (TPSA) is 37.8 Å². The summed E-state index contributed by atoms with van der Waals surface area (Å²) in [7, 11) is 0. The normalized spacial score (nSPS) is 10.6. The predicted molar refractivity (Wildman–Crippen MR) is 59.6 cm³/mol. The van der Waals surface area contributed by atoms with Crippen LogP contribution in [0.4, 0.5) is 5.82 Å². The highest BCUT2D eigenvalue weighted by atomic mass is 15.0. The fraction of sp³-hybridized carbons (Fsp3) is 0.636. The Hall–Kier alpha value is -1.12. The maximum Gasteiger partial charge on any atom is 0.132 e. The van der Waals surface area contributed by atoms with Gasteiger partial charge >= 0.3 is 0 Å². The molecule has 0 fully saturated rings. The van der Waals surface area contributed by atoms with Gasteiger partial charge in [0, 0.05) is 12.1 Å². The molecule has 78 valence electrons. The molecule has 0 saturated heterocycles. The second kappa shape index (κ2) is 4.94. The summed E-state index contributed by atoms with van der Waals surface area (Å²) in [6, 6.07) is 0.